The summed E-state index contributed by atoms with van der Waals surface area (Å²) in [7, 11) is 1.66. The topological polar surface area (TPSA) is 118 Å². The molecule has 3 aliphatic rings. The van der Waals surface area contributed by atoms with E-state index < -0.39 is 5.54 Å². The standard InChI is InChI=1S/C20H27N5O3/c1-25-18(28)20(14-6-7-14,24-19(25)21)10-12-3-2-4-15(9-12)23-17(27)13-5-8-16(26)22-11-13/h5,8,11-12,14-15H,2-4,6-7,9-10H2,1H3,(H2,21,24)(H,22,26)(H,23,27)/t12-,15+,20-/m0/s1. The molecule has 0 spiro atoms. The number of pyridine rings is 1. The smallest absolute Gasteiger partial charge is 0.255 e. The first-order chi connectivity index (χ1) is 13.4. The molecule has 1 saturated heterocycles. The van der Waals surface area contributed by atoms with Gasteiger partial charge in [0.1, 0.15) is 5.54 Å². The lowest BCUT2D eigenvalue weighted by Crippen LogP contribution is -2.51. The molecule has 8 nitrogen and oxygen atoms in total. The van der Waals surface area contributed by atoms with Gasteiger partial charge in [-0.2, -0.15) is 0 Å². The van der Waals surface area contributed by atoms with Crippen molar-refractivity contribution in [2.75, 3.05) is 7.05 Å². The van der Waals surface area contributed by atoms with Gasteiger partial charge in [-0.25, -0.2) is 4.98 Å². The van der Waals surface area contributed by atoms with E-state index in [1.807, 2.05) is 0 Å². The number of nitrogens with one attached hydrogen (secondary N) is 3. The molecule has 0 aromatic carbocycles. The molecule has 4 N–H and O–H groups in total. The average molecular weight is 385 g/mol. The van der Waals surface area contributed by atoms with Crippen LogP contribution in [-0.4, -0.2) is 51.4 Å². The highest BCUT2D eigenvalue weighted by molar-refractivity contribution is 6.08. The molecule has 2 aliphatic carbocycles. The molecule has 4 rings (SSSR count). The highest BCUT2D eigenvalue weighted by Crippen LogP contribution is 2.47. The Labute approximate surface area is 164 Å². The van der Waals surface area contributed by atoms with E-state index in [1.54, 1.807) is 13.1 Å². The van der Waals surface area contributed by atoms with E-state index in [1.165, 1.54) is 17.2 Å². The number of guanidine groups is 1. The van der Waals surface area contributed by atoms with Crippen LogP contribution in [0.25, 0.3) is 0 Å². The maximum atomic E-state index is 12.9. The normalized spacial score (nSPS) is 30.2. The molecule has 1 aromatic heterocycles. The zero-order valence-electron chi connectivity index (χ0n) is 16.1. The summed E-state index contributed by atoms with van der Waals surface area (Å²) in [6.45, 7) is 0. The minimum absolute atomic E-state index is 0.0151. The Balaban J connectivity index is 1.41. The van der Waals surface area contributed by atoms with Gasteiger partial charge in [0, 0.05) is 25.4 Å². The predicted molar refractivity (Wildman–Crippen MR) is 103 cm³/mol. The van der Waals surface area contributed by atoms with Crippen molar-refractivity contribution in [2.24, 2.45) is 11.8 Å². The fourth-order valence-electron chi connectivity index (χ4n) is 4.76. The first-order valence-corrected chi connectivity index (χ1v) is 10.00. The van der Waals surface area contributed by atoms with Crippen molar-refractivity contribution < 1.29 is 14.7 Å². The molecule has 3 atom stereocenters. The van der Waals surface area contributed by atoms with Crippen molar-refractivity contribution in [1.29, 1.82) is 5.41 Å². The Hall–Kier alpha value is -2.64. The van der Waals surface area contributed by atoms with Gasteiger partial charge in [-0.3, -0.25) is 19.9 Å². The molecule has 150 valence electrons. The van der Waals surface area contributed by atoms with Gasteiger partial charge in [-0.15, -0.1) is 0 Å². The lowest BCUT2D eigenvalue weighted by atomic mass is 9.75. The first kappa shape index (κ1) is 18.7. The fraction of sp³-hybridized carbons (Fsp3) is 0.600. The van der Waals surface area contributed by atoms with Crippen molar-refractivity contribution in [3.05, 3.63) is 23.9 Å². The predicted octanol–water partition coefficient (Wildman–Crippen LogP) is 1.61. The molecule has 28 heavy (non-hydrogen) atoms. The third-order valence-corrected chi connectivity index (χ3v) is 6.38. The van der Waals surface area contributed by atoms with E-state index in [4.69, 9.17) is 5.41 Å². The second kappa shape index (κ2) is 7.07. The van der Waals surface area contributed by atoms with Crippen molar-refractivity contribution in [3.8, 4) is 5.88 Å². The molecule has 2 saturated carbocycles. The van der Waals surface area contributed by atoms with Gasteiger partial charge in [-0.05, 0) is 50.0 Å². The molecular formula is C20H27N5O3. The Morgan fingerprint density at radius 3 is 2.79 bits per heavy atom. The average Bonchev–Trinajstić information content (AvgIpc) is 3.49. The summed E-state index contributed by atoms with van der Waals surface area (Å²) in [6.07, 6.45) is 7.94. The van der Waals surface area contributed by atoms with Crippen molar-refractivity contribution >= 4 is 17.8 Å². The molecular weight excluding hydrogens is 358 g/mol. The zero-order chi connectivity index (χ0) is 19.9. The van der Waals surface area contributed by atoms with Crippen LogP contribution >= 0.6 is 0 Å². The van der Waals surface area contributed by atoms with Crippen molar-refractivity contribution in [3.63, 3.8) is 0 Å². The quantitative estimate of drug-likeness (QED) is 0.614. The van der Waals surface area contributed by atoms with Crippen LogP contribution < -0.4 is 10.6 Å². The number of amides is 2. The third-order valence-electron chi connectivity index (χ3n) is 6.38. The third kappa shape index (κ3) is 3.43. The van der Waals surface area contributed by atoms with Gasteiger partial charge in [0.25, 0.3) is 11.8 Å². The van der Waals surface area contributed by atoms with Crippen LogP contribution in [0, 0.1) is 17.2 Å². The maximum Gasteiger partial charge on any atom is 0.255 e. The fourth-order valence-corrected chi connectivity index (χ4v) is 4.76. The first-order valence-electron chi connectivity index (χ1n) is 10.00. The van der Waals surface area contributed by atoms with Gasteiger partial charge in [0.2, 0.25) is 5.88 Å². The molecule has 1 aliphatic heterocycles. The van der Waals surface area contributed by atoms with Crippen LogP contribution in [0.2, 0.25) is 0 Å². The number of aromatic nitrogens is 1. The number of carbonyl (C=O) groups excluding carboxylic acids is 2. The van der Waals surface area contributed by atoms with Gasteiger partial charge < -0.3 is 15.7 Å². The van der Waals surface area contributed by atoms with E-state index in [9.17, 15) is 14.7 Å². The van der Waals surface area contributed by atoms with Crippen LogP contribution in [-0.2, 0) is 4.79 Å². The number of carbonyl (C=O) groups is 2. The Bertz CT molecular complexity index is 792. The van der Waals surface area contributed by atoms with Crippen molar-refractivity contribution in [1.82, 2.24) is 20.5 Å². The van der Waals surface area contributed by atoms with Gasteiger partial charge in [0.15, 0.2) is 5.96 Å². The van der Waals surface area contributed by atoms with E-state index in [-0.39, 0.29) is 29.7 Å². The van der Waals surface area contributed by atoms with Gasteiger partial charge in [0.05, 0.1) is 5.56 Å². The summed E-state index contributed by atoms with van der Waals surface area (Å²) in [5.41, 5.74) is -0.208. The van der Waals surface area contributed by atoms with Crippen LogP contribution in [0.4, 0.5) is 0 Å². The molecule has 3 fully saturated rings. The molecule has 0 bridgehead atoms. The lowest BCUT2D eigenvalue weighted by molar-refractivity contribution is -0.131. The Morgan fingerprint density at radius 1 is 1.39 bits per heavy atom. The van der Waals surface area contributed by atoms with Gasteiger partial charge in [-0.1, -0.05) is 12.8 Å². The van der Waals surface area contributed by atoms with Crippen molar-refractivity contribution in [2.45, 2.75) is 56.5 Å². The number of aromatic hydroxyl groups is 1. The van der Waals surface area contributed by atoms with E-state index in [0.717, 1.165) is 44.9 Å². The van der Waals surface area contributed by atoms with Crippen LogP contribution in [0.5, 0.6) is 5.88 Å². The zero-order valence-corrected chi connectivity index (χ0v) is 16.1. The summed E-state index contributed by atoms with van der Waals surface area (Å²) >= 11 is 0. The van der Waals surface area contributed by atoms with Gasteiger partial charge >= 0.3 is 0 Å². The molecule has 0 unspecified atom stereocenters. The number of nitrogens with zero attached hydrogens (tertiary/aromatic N) is 2. The second-order valence-electron chi connectivity index (χ2n) is 8.40. The van der Waals surface area contributed by atoms with E-state index >= 15 is 0 Å². The summed E-state index contributed by atoms with van der Waals surface area (Å²) in [5.74, 6) is 0.547. The minimum atomic E-state index is -0.636. The molecule has 8 heteroatoms. The summed E-state index contributed by atoms with van der Waals surface area (Å²) in [6, 6.07) is 3.02. The summed E-state index contributed by atoms with van der Waals surface area (Å²) < 4.78 is 0. The largest absolute Gasteiger partial charge is 0.493 e. The molecule has 1 aromatic rings. The van der Waals surface area contributed by atoms with Crippen LogP contribution in [0.15, 0.2) is 18.3 Å². The highest BCUT2D eigenvalue weighted by Gasteiger charge is 2.57. The molecule has 2 heterocycles. The molecule has 0 radical (unpaired) electrons. The monoisotopic (exact) mass is 385 g/mol. The van der Waals surface area contributed by atoms with E-state index in [0.29, 0.717) is 17.4 Å². The SMILES string of the molecule is CN1C(=N)N[C@@](C[C@H]2CCC[C@@H](NC(=O)c3ccc(O)nc3)C2)(C2CC2)C1=O. The number of hydrogen-bond donors (Lipinski definition) is 4. The highest BCUT2D eigenvalue weighted by atomic mass is 16.3. The minimum Gasteiger partial charge on any atom is -0.493 e. The summed E-state index contributed by atoms with van der Waals surface area (Å²) in [5, 5.41) is 23.6. The van der Waals surface area contributed by atoms with Crippen LogP contribution in [0.1, 0.15) is 55.3 Å². The number of hydrogen-bond acceptors (Lipinski definition) is 5. The second-order valence-corrected chi connectivity index (χ2v) is 8.40. The Morgan fingerprint density at radius 2 is 2.18 bits per heavy atom. The van der Waals surface area contributed by atoms with Crippen LogP contribution in [0.3, 0.4) is 0 Å². The maximum absolute atomic E-state index is 12.9. The lowest BCUT2D eigenvalue weighted by Gasteiger charge is -2.36. The molecule has 2 amide bonds. The Kier molecular flexibility index (Phi) is 4.72. The van der Waals surface area contributed by atoms with E-state index in [2.05, 4.69) is 15.6 Å². The number of rotatable bonds is 5. The number of likely N-dealkylation sites (N-methyl/N-ethyl adjacent to an activating group) is 1. The summed E-state index contributed by atoms with van der Waals surface area (Å²) in [4.78, 5) is 30.5.